The topological polar surface area (TPSA) is 116 Å². The molecule has 0 fully saturated rings. The highest BCUT2D eigenvalue weighted by Gasteiger charge is 2.19. The van der Waals surface area contributed by atoms with Crippen LogP contribution in [-0.2, 0) is 4.74 Å². The largest absolute Gasteiger partial charge is 0.490 e. The van der Waals surface area contributed by atoms with Gasteiger partial charge in [-0.1, -0.05) is 23.7 Å². The summed E-state index contributed by atoms with van der Waals surface area (Å²) in [5.74, 6) is 0.0753. The lowest BCUT2D eigenvalue weighted by Gasteiger charge is -2.15. The Labute approximate surface area is 167 Å². The molecule has 28 heavy (non-hydrogen) atoms. The van der Waals surface area contributed by atoms with Crippen LogP contribution in [0.4, 0.5) is 0 Å². The van der Waals surface area contributed by atoms with E-state index in [1.807, 2.05) is 26.0 Å². The molecule has 0 spiro atoms. The lowest BCUT2D eigenvalue weighted by atomic mass is 9.96. The maximum absolute atomic E-state index is 12.0. The number of tetrazole rings is 1. The number of hydrogen-bond acceptors (Lipinski definition) is 6. The van der Waals surface area contributed by atoms with Gasteiger partial charge in [0.15, 0.2) is 0 Å². The van der Waals surface area contributed by atoms with Gasteiger partial charge in [-0.15, -0.1) is 10.2 Å². The van der Waals surface area contributed by atoms with E-state index in [-0.39, 0.29) is 18.3 Å². The molecule has 0 bridgehead atoms. The second-order valence-corrected chi connectivity index (χ2v) is 6.70. The molecule has 0 aliphatic rings. The number of hydrogen-bond donors (Lipinski definition) is 2. The highest BCUT2D eigenvalue weighted by Crippen LogP contribution is 2.36. The van der Waals surface area contributed by atoms with Crippen LogP contribution in [-0.4, -0.2) is 45.8 Å². The Kier molecular flexibility index (Phi) is 6.23. The van der Waals surface area contributed by atoms with Crippen molar-refractivity contribution in [1.29, 1.82) is 0 Å². The maximum atomic E-state index is 12.0. The number of carbonyl (C=O) groups is 1. The van der Waals surface area contributed by atoms with Gasteiger partial charge in [0, 0.05) is 10.6 Å². The summed E-state index contributed by atoms with van der Waals surface area (Å²) < 4.78 is 11.3. The predicted octanol–water partition coefficient (Wildman–Crippen LogP) is 3.09. The van der Waals surface area contributed by atoms with Gasteiger partial charge in [-0.25, -0.2) is 0 Å². The molecule has 1 heterocycles. The lowest BCUT2D eigenvalue weighted by molar-refractivity contribution is 0.0549. The molecule has 3 N–H and O–H groups in total. The molecule has 0 radical (unpaired) electrons. The van der Waals surface area contributed by atoms with Crippen molar-refractivity contribution in [3.63, 3.8) is 0 Å². The number of aromatic amines is 1. The van der Waals surface area contributed by atoms with E-state index in [4.69, 9.17) is 26.8 Å². The van der Waals surface area contributed by atoms with E-state index < -0.39 is 5.91 Å². The van der Waals surface area contributed by atoms with Crippen molar-refractivity contribution in [3.8, 4) is 28.3 Å². The average Bonchev–Trinajstić information content (AvgIpc) is 3.19. The van der Waals surface area contributed by atoms with Crippen LogP contribution in [0.1, 0.15) is 24.2 Å². The molecule has 146 valence electrons. The van der Waals surface area contributed by atoms with Crippen LogP contribution in [0, 0.1) is 0 Å². The van der Waals surface area contributed by atoms with Crippen molar-refractivity contribution in [2.45, 2.75) is 20.0 Å². The van der Waals surface area contributed by atoms with E-state index in [9.17, 15) is 4.79 Å². The van der Waals surface area contributed by atoms with Crippen molar-refractivity contribution < 1.29 is 14.3 Å². The van der Waals surface area contributed by atoms with Gasteiger partial charge in [0.2, 0.25) is 5.82 Å². The van der Waals surface area contributed by atoms with Crippen molar-refractivity contribution in [2.75, 3.05) is 13.2 Å². The number of H-pyrrole nitrogens is 1. The number of aromatic nitrogens is 4. The number of nitrogens with one attached hydrogen (secondary N) is 1. The van der Waals surface area contributed by atoms with Crippen LogP contribution >= 0.6 is 11.6 Å². The summed E-state index contributed by atoms with van der Waals surface area (Å²) in [7, 11) is 0. The van der Waals surface area contributed by atoms with Gasteiger partial charge in [-0.3, -0.25) is 4.79 Å². The van der Waals surface area contributed by atoms with E-state index in [0.29, 0.717) is 28.8 Å². The van der Waals surface area contributed by atoms with Crippen LogP contribution in [0.2, 0.25) is 5.02 Å². The molecule has 0 aliphatic carbocycles. The number of benzene rings is 2. The fraction of sp³-hybridized carbons (Fsp3) is 0.263. The Hall–Kier alpha value is -2.97. The number of halogens is 1. The minimum absolute atomic E-state index is 0.0875. The molecule has 1 amide bonds. The summed E-state index contributed by atoms with van der Waals surface area (Å²) in [5, 5.41) is 14.7. The van der Waals surface area contributed by atoms with E-state index in [1.165, 1.54) is 0 Å². The van der Waals surface area contributed by atoms with Crippen LogP contribution in [0.5, 0.6) is 5.75 Å². The minimum atomic E-state index is -0.618. The Bertz CT molecular complexity index is 943. The predicted molar refractivity (Wildman–Crippen MR) is 105 cm³/mol. The van der Waals surface area contributed by atoms with Gasteiger partial charge < -0.3 is 15.2 Å². The first-order valence-corrected chi connectivity index (χ1v) is 9.05. The fourth-order valence-corrected chi connectivity index (χ4v) is 2.78. The number of nitrogens with zero attached hydrogens (tertiary/aromatic N) is 3. The smallest absolute Gasteiger partial charge is 0.252 e. The molecule has 2 aromatic carbocycles. The molecule has 1 aromatic heterocycles. The molecule has 8 nitrogen and oxygen atoms in total. The average molecular weight is 402 g/mol. The molecule has 0 atom stereocenters. The van der Waals surface area contributed by atoms with Gasteiger partial charge in [-0.05, 0) is 54.5 Å². The number of rotatable bonds is 8. The van der Waals surface area contributed by atoms with Crippen molar-refractivity contribution in [2.24, 2.45) is 5.73 Å². The van der Waals surface area contributed by atoms with Crippen LogP contribution < -0.4 is 10.5 Å². The van der Waals surface area contributed by atoms with E-state index in [2.05, 4.69) is 20.6 Å². The van der Waals surface area contributed by atoms with Crippen molar-refractivity contribution in [3.05, 3.63) is 47.0 Å². The Morgan fingerprint density at radius 1 is 1.18 bits per heavy atom. The molecular formula is C19H20ClN5O3. The third-order valence-electron chi connectivity index (χ3n) is 3.92. The highest BCUT2D eigenvalue weighted by molar-refractivity contribution is 6.30. The number of ether oxygens (including phenoxy) is 2. The Morgan fingerprint density at radius 3 is 2.54 bits per heavy atom. The number of carbonyl (C=O) groups excluding carboxylic acids is 1. The molecular weight excluding hydrogens is 382 g/mol. The van der Waals surface area contributed by atoms with E-state index >= 15 is 0 Å². The van der Waals surface area contributed by atoms with Crippen molar-refractivity contribution in [1.82, 2.24) is 20.6 Å². The van der Waals surface area contributed by atoms with E-state index in [1.54, 1.807) is 24.3 Å². The molecule has 3 aromatic rings. The summed E-state index contributed by atoms with van der Waals surface area (Å²) in [5.41, 5.74) is 7.99. The fourth-order valence-electron chi connectivity index (χ4n) is 2.66. The minimum Gasteiger partial charge on any atom is -0.490 e. The summed E-state index contributed by atoms with van der Waals surface area (Å²) in [4.78, 5) is 12.0. The Balaban J connectivity index is 2.05. The number of nitrogens with two attached hydrogens (primary N) is 1. The van der Waals surface area contributed by atoms with Crippen LogP contribution in [0.25, 0.3) is 22.5 Å². The lowest BCUT2D eigenvalue weighted by Crippen LogP contribution is -2.16. The zero-order valence-corrected chi connectivity index (χ0v) is 16.2. The third kappa shape index (κ3) is 4.65. The summed E-state index contributed by atoms with van der Waals surface area (Å²) in [6.45, 7) is 4.54. The number of amides is 1. The first kappa shape index (κ1) is 19.8. The molecule has 0 saturated heterocycles. The van der Waals surface area contributed by atoms with Gasteiger partial charge in [0.25, 0.3) is 5.91 Å². The van der Waals surface area contributed by atoms with Gasteiger partial charge in [-0.2, -0.15) is 5.21 Å². The molecule has 3 rings (SSSR count). The SMILES string of the molecule is CC(C)OCCOc1cc(-c2ccc(Cl)cc2)c(-c2nn[nH]n2)cc1C(N)=O. The van der Waals surface area contributed by atoms with Crippen LogP contribution in [0.15, 0.2) is 36.4 Å². The second-order valence-electron chi connectivity index (χ2n) is 6.27. The summed E-state index contributed by atoms with van der Waals surface area (Å²) in [6, 6.07) is 10.6. The molecule has 0 saturated carbocycles. The molecule has 0 unspecified atom stereocenters. The zero-order valence-electron chi connectivity index (χ0n) is 15.5. The number of primary amides is 1. The van der Waals surface area contributed by atoms with Crippen molar-refractivity contribution >= 4 is 17.5 Å². The van der Waals surface area contributed by atoms with Gasteiger partial charge in [0.1, 0.15) is 12.4 Å². The first-order valence-electron chi connectivity index (χ1n) is 8.67. The molecule has 9 heteroatoms. The van der Waals surface area contributed by atoms with Gasteiger partial charge in [0.05, 0.1) is 18.3 Å². The quantitative estimate of drug-likeness (QED) is 0.560. The van der Waals surface area contributed by atoms with Crippen LogP contribution in [0.3, 0.4) is 0 Å². The standard InChI is InChI=1S/C19H20ClN5O3/c1-11(2)27-7-8-28-17-10-14(12-3-5-13(20)6-4-12)15(9-16(17)18(21)26)19-22-24-25-23-19/h3-6,9-11H,7-8H2,1-2H3,(H2,21,26)(H,22,23,24,25). The monoisotopic (exact) mass is 401 g/mol. The Morgan fingerprint density at radius 2 is 1.93 bits per heavy atom. The molecule has 0 aliphatic heterocycles. The zero-order chi connectivity index (χ0) is 20.1. The summed E-state index contributed by atoms with van der Waals surface area (Å²) >= 11 is 6.01. The first-order chi connectivity index (χ1) is 13.5. The van der Waals surface area contributed by atoms with Gasteiger partial charge >= 0.3 is 0 Å². The maximum Gasteiger partial charge on any atom is 0.252 e. The normalized spacial score (nSPS) is 11.0. The van der Waals surface area contributed by atoms with E-state index in [0.717, 1.165) is 11.1 Å². The highest BCUT2D eigenvalue weighted by atomic mass is 35.5. The second kappa shape index (κ2) is 8.81. The third-order valence-corrected chi connectivity index (χ3v) is 4.17. The summed E-state index contributed by atoms with van der Waals surface area (Å²) in [6.07, 6.45) is 0.0875.